The van der Waals surface area contributed by atoms with Gasteiger partial charge in [0.25, 0.3) is 0 Å². The molecule has 0 radical (unpaired) electrons. The zero-order valence-electron chi connectivity index (χ0n) is 12.6. The van der Waals surface area contributed by atoms with Crippen LogP contribution in [0.1, 0.15) is 36.5 Å². The van der Waals surface area contributed by atoms with E-state index in [1.165, 1.54) is 7.11 Å². The number of benzene rings is 1. The molecule has 1 heterocycles. The molecule has 0 bridgehead atoms. The number of hydrogen-bond acceptors (Lipinski definition) is 4. The molecular weight excluding hydrogens is 268 g/mol. The summed E-state index contributed by atoms with van der Waals surface area (Å²) in [5, 5.41) is 6.24. The average Bonchev–Trinajstić information content (AvgIpc) is 2.97. The van der Waals surface area contributed by atoms with Crippen molar-refractivity contribution in [2.24, 2.45) is 5.41 Å². The molecule has 0 saturated carbocycles. The van der Waals surface area contributed by atoms with Crippen molar-refractivity contribution >= 4 is 17.6 Å². The first-order valence-electron chi connectivity index (χ1n) is 7.32. The summed E-state index contributed by atoms with van der Waals surface area (Å²) in [5.41, 5.74) is 0.867. The summed E-state index contributed by atoms with van der Waals surface area (Å²) >= 11 is 0. The molecule has 2 N–H and O–H groups in total. The molecule has 0 spiro atoms. The highest BCUT2D eigenvalue weighted by molar-refractivity contribution is 5.96. The zero-order chi connectivity index (χ0) is 15.3. The Morgan fingerprint density at radius 3 is 2.57 bits per heavy atom. The predicted octanol–water partition coefficient (Wildman–Crippen LogP) is 2.19. The monoisotopic (exact) mass is 290 g/mol. The van der Waals surface area contributed by atoms with Crippen molar-refractivity contribution in [1.82, 2.24) is 5.32 Å². The van der Waals surface area contributed by atoms with E-state index in [0.29, 0.717) is 11.3 Å². The smallest absolute Gasteiger partial charge is 0.337 e. The van der Waals surface area contributed by atoms with Gasteiger partial charge in [-0.2, -0.15) is 0 Å². The standard InChI is InChI=1S/C16H22N2O3/c1-3-8-16(9-10-17-11-16)15(20)18-13-6-4-12(5-7-13)14(19)21-2/h4-7,17H,3,8-11H2,1-2H3,(H,18,20). The second-order valence-electron chi connectivity index (χ2n) is 5.48. The number of hydrogen-bond donors (Lipinski definition) is 2. The molecular formula is C16H22N2O3. The Balaban J connectivity index is 2.06. The second kappa shape index (κ2) is 6.72. The van der Waals surface area contributed by atoms with E-state index in [1.807, 2.05) is 0 Å². The SMILES string of the molecule is CCCC1(C(=O)Nc2ccc(C(=O)OC)cc2)CCNC1. The minimum atomic E-state index is -0.379. The van der Waals surface area contributed by atoms with Gasteiger partial charge in [-0.25, -0.2) is 4.79 Å². The Labute approximate surface area is 125 Å². The third kappa shape index (κ3) is 3.42. The topological polar surface area (TPSA) is 67.4 Å². The predicted molar refractivity (Wildman–Crippen MR) is 81.2 cm³/mol. The van der Waals surface area contributed by atoms with Crippen molar-refractivity contribution in [1.29, 1.82) is 0 Å². The van der Waals surface area contributed by atoms with E-state index in [9.17, 15) is 9.59 Å². The van der Waals surface area contributed by atoms with E-state index >= 15 is 0 Å². The molecule has 5 nitrogen and oxygen atoms in total. The van der Waals surface area contributed by atoms with Crippen LogP contribution >= 0.6 is 0 Å². The van der Waals surface area contributed by atoms with Crippen LogP contribution in [0, 0.1) is 5.41 Å². The highest BCUT2D eigenvalue weighted by Crippen LogP contribution is 2.32. The quantitative estimate of drug-likeness (QED) is 0.816. The number of carbonyl (C=O) groups excluding carboxylic acids is 2. The number of carbonyl (C=O) groups is 2. The summed E-state index contributed by atoms with van der Waals surface area (Å²) in [6.45, 7) is 3.71. The van der Waals surface area contributed by atoms with E-state index in [-0.39, 0.29) is 17.3 Å². The van der Waals surface area contributed by atoms with E-state index in [1.54, 1.807) is 24.3 Å². The third-order valence-electron chi connectivity index (χ3n) is 4.02. The maximum absolute atomic E-state index is 12.6. The summed E-state index contributed by atoms with van der Waals surface area (Å²) in [6.07, 6.45) is 2.73. The van der Waals surface area contributed by atoms with Crippen LogP contribution < -0.4 is 10.6 Å². The van der Waals surface area contributed by atoms with E-state index in [2.05, 4.69) is 22.3 Å². The van der Waals surface area contributed by atoms with E-state index < -0.39 is 0 Å². The summed E-state index contributed by atoms with van der Waals surface area (Å²) in [7, 11) is 1.35. The lowest BCUT2D eigenvalue weighted by Crippen LogP contribution is -2.38. The minimum Gasteiger partial charge on any atom is -0.465 e. The minimum absolute atomic E-state index is 0.0557. The van der Waals surface area contributed by atoms with Crippen molar-refractivity contribution in [2.45, 2.75) is 26.2 Å². The van der Waals surface area contributed by atoms with Gasteiger partial charge in [-0.05, 0) is 43.7 Å². The molecule has 21 heavy (non-hydrogen) atoms. The average molecular weight is 290 g/mol. The number of nitrogens with one attached hydrogen (secondary N) is 2. The largest absolute Gasteiger partial charge is 0.465 e. The Kier molecular flexibility index (Phi) is 4.96. The fraction of sp³-hybridized carbons (Fsp3) is 0.500. The van der Waals surface area contributed by atoms with Gasteiger partial charge in [-0.3, -0.25) is 4.79 Å². The second-order valence-corrected chi connectivity index (χ2v) is 5.48. The molecule has 1 aromatic rings. The summed E-state index contributed by atoms with van der Waals surface area (Å²) < 4.78 is 4.65. The fourth-order valence-electron chi connectivity index (χ4n) is 2.81. The first-order chi connectivity index (χ1) is 10.1. The molecule has 1 unspecified atom stereocenters. The maximum Gasteiger partial charge on any atom is 0.337 e. The van der Waals surface area contributed by atoms with Gasteiger partial charge in [0, 0.05) is 12.2 Å². The van der Waals surface area contributed by atoms with Crippen molar-refractivity contribution in [3.63, 3.8) is 0 Å². The summed E-state index contributed by atoms with van der Waals surface area (Å²) in [4.78, 5) is 23.9. The molecule has 1 saturated heterocycles. The summed E-state index contributed by atoms with van der Waals surface area (Å²) in [5.74, 6) is -0.324. The van der Waals surface area contributed by atoms with Gasteiger partial charge in [0.2, 0.25) is 5.91 Å². The Morgan fingerprint density at radius 2 is 2.05 bits per heavy atom. The highest BCUT2D eigenvalue weighted by Gasteiger charge is 2.40. The number of methoxy groups -OCH3 is 1. The van der Waals surface area contributed by atoms with Crippen LogP contribution in [0.3, 0.4) is 0 Å². The third-order valence-corrected chi connectivity index (χ3v) is 4.02. The number of anilines is 1. The highest BCUT2D eigenvalue weighted by atomic mass is 16.5. The van der Waals surface area contributed by atoms with Gasteiger partial charge in [0.05, 0.1) is 18.1 Å². The fourth-order valence-corrected chi connectivity index (χ4v) is 2.81. The molecule has 1 aliphatic rings. The number of esters is 1. The van der Waals surface area contributed by atoms with Crippen molar-refractivity contribution in [2.75, 3.05) is 25.5 Å². The van der Waals surface area contributed by atoms with Crippen LogP contribution in [0.2, 0.25) is 0 Å². The van der Waals surface area contributed by atoms with Gasteiger partial charge >= 0.3 is 5.97 Å². The molecule has 1 amide bonds. The molecule has 114 valence electrons. The molecule has 5 heteroatoms. The molecule has 1 aromatic carbocycles. The lowest BCUT2D eigenvalue weighted by Gasteiger charge is -2.26. The lowest BCUT2D eigenvalue weighted by atomic mass is 9.81. The van der Waals surface area contributed by atoms with Crippen molar-refractivity contribution in [3.05, 3.63) is 29.8 Å². The van der Waals surface area contributed by atoms with Crippen molar-refractivity contribution in [3.8, 4) is 0 Å². The van der Waals surface area contributed by atoms with Gasteiger partial charge in [0.1, 0.15) is 0 Å². The normalized spacial score (nSPS) is 21.0. The van der Waals surface area contributed by atoms with Crippen LogP contribution in [-0.2, 0) is 9.53 Å². The molecule has 0 aromatic heterocycles. The maximum atomic E-state index is 12.6. The number of ether oxygens (including phenoxy) is 1. The zero-order valence-corrected chi connectivity index (χ0v) is 12.6. The molecule has 1 atom stereocenters. The van der Waals surface area contributed by atoms with Gasteiger partial charge < -0.3 is 15.4 Å². The molecule has 2 rings (SSSR count). The molecule has 1 fully saturated rings. The van der Waals surface area contributed by atoms with E-state index in [0.717, 1.165) is 32.4 Å². The van der Waals surface area contributed by atoms with E-state index in [4.69, 9.17) is 0 Å². The van der Waals surface area contributed by atoms with Gasteiger partial charge in [-0.15, -0.1) is 0 Å². The summed E-state index contributed by atoms with van der Waals surface area (Å²) in [6, 6.07) is 6.76. The van der Waals surface area contributed by atoms with Crippen LogP contribution in [0.25, 0.3) is 0 Å². The van der Waals surface area contributed by atoms with Crippen LogP contribution in [0.4, 0.5) is 5.69 Å². The first-order valence-corrected chi connectivity index (χ1v) is 7.32. The van der Waals surface area contributed by atoms with Crippen LogP contribution in [0.15, 0.2) is 24.3 Å². The van der Waals surface area contributed by atoms with Gasteiger partial charge in [0.15, 0.2) is 0 Å². The number of rotatable bonds is 5. The van der Waals surface area contributed by atoms with Crippen LogP contribution in [-0.4, -0.2) is 32.1 Å². The number of amides is 1. The van der Waals surface area contributed by atoms with Gasteiger partial charge in [-0.1, -0.05) is 13.3 Å². The van der Waals surface area contributed by atoms with Crippen molar-refractivity contribution < 1.29 is 14.3 Å². The Morgan fingerprint density at radius 1 is 1.33 bits per heavy atom. The Hall–Kier alpha value is -1.88. The Bertz CT molecular complexity index is 505. The molecule has 0 aliphatic carbocycles. The van der Waals surface area contributed by atoms with Crippen LogP contribution in [0.5, 0.6) is 0 Å². The lowest BCUT2D eigenvalue weighted by molar-refractivity contribution is -0.125. The molecule has 1 aliphatic heterocycles. The first kappa shape index (κ1) is 15.5.